The highest BCUT2D eigenvalue weighted by Crippen LogP contribution is 2.38. The van der Waals surface area contributed by atoms with Crippen LogP contribution in [0.2, 0.25) is 0 Å². The van der Waals surface area contributed by atoms with E-state index in [9.17, 15) is 9.18 Å². The first-order chi connectivity index (χ1) is 13.1. The Morgan fingerprint density at radius 3 is 2.89 bits per heavy atom. The average molecular weight is 398 g/mol. The Bertz CT molecular complexity index is 1140. The molecule has 0 aliphatic heterocycles. The molecule has 0 aliphatic carbocycles. The number of halogens is 1. The number of thiophene rings is 1. The van der Waals surface area contributed by atoms with Crippen LogP contribution in [0.25, 0.3) is 20.3 Å². The van der Waals surface area contributed by atoms with Gasteiger partial charge in [-0.15, -0.1) is 11.3 Å². The summed E-state index contributed by atoms with van der Waals surface area (Å²) in [6.45, 7) is 2.52. The molecule has 2 aromatic carbocycles. The molecule has 2 aromatic heterocycles. The standard InChI is InChI=1S/C20H16FN3OS2/c1-12-5-2-3-6-13(12)9-22-16(25)10-26-20-19-18(23-11-24-20)17-14(21)7-4-8-15(17)27-19/h2-8,11H,9-10H2,1H3,(H,22,25). The maximum absolute atomic E-state index is 14.2. The molecule has 1 N–H and O–H groups in total. The molecule has 0 radical (unpaired) electrons. The van der Waals surface area contributed by atoms with Crippen LogP contribution >= 0.6 is 23.1 Å². The number of aromatic nitrogens is 2. The number of thioether (sulfide) groups is 1. The van der Waals surface area contributed by atoms with E-state index in [2.05, 4.69) is 15.3 Å². The zero-order valence-corrected chi connectivity index (χ0v) is 16.2. The van der Waals surface area contributed by atoms with Crippen molar-refractivity contribution in [3.05, 3.63) is 65.7 Å². The molecule has 27 heavy (non-hydrogen) atoms. The van der Waals surface area contributed by atoms with E-state index < -0.39 is 0 Å². The predicted octanol–water partition coefficient (Wildman–Crippen LogP) is 4.70. The van der Waals surface area contributed by atoms with Gasteiger partial charge in [0.25, 0.3) is 0 Å². The molecule has 7 heteroatoms. The van der Waals surface area contributed by atoms with Gasteiger partial charge in [-0.3, -0.25) is 4.79 Å². The molecular formula is C20H16FN3OS2. The van der Waals surface area contributed by atoms with Crippen molar-refractivity contribution >= 4 is 49.3 Å². The molecule has 0 saturated carbocycles. The van der Waals surface area contributed by atoms with Crippen molar-refractivity contribution < 1.29 is 9.18 Å². The van der Waals surface area contributed by atoms with E-state index in [0.717, 1.165) is 20.5 Å². The Kier molecular flexibility index (Phi) is 5.05. The van der Waals surface area contributed by atoms with Crippen LogP contribution < -0.4 is 5.32 Å². The Morgan fingerprint density at radius 2 is 2.04 bits per heavy atom. The van der Waals surface area contributed by atoms with Crippen LogP contribution in [0.3, 0.4) is 0 Å². The van der Waals surface area contributed by atoms with Crippen molar-refractivity contribution in [2.24, 2.45) is 0 Å². The lowest BCUT2D eigenvalue weighted by Crippen LogP contribution is -2.24. The van der Waals surface area contributed by atoms with Gasteiger partial charge in [-0.1, -0.05) is 42.1 Å². The molecule has 0 aliphatic rings. The summed E-state index contributed by atoms with van der Waals surface area (Å²) in [5.74, 6) is -0.110. The van der Waals surface area contributed by atoms with E-state index in [1.165, 1.54) is 35.5 Å². The maximum atomic E-state index is 14.2. The normalized spacial score (nSPS) is 11.2. The molecule has 0 fully saturated rings. The molecule has 0 atom stereocenters. The van der Waals surface area contributed by atoms with E-state index in [0.29, 0.717) is 22.5 Å². The molecule has 4 nitrogen and oxygen atoms in total. The first kappa shape index (κ1) is 17.9. The number of carbonyl (C=O) groups is 1. The lowest BCUT2D eigenvalue weighted by atomic mass is 10.1. The fraction of sp³-hybridized carbons (Fsp3) is 0.150. The van der Waals surface area contributed by atoms with Crippen molar-refractivity contribution in [2.45, 2.75) is 18.5 Å². The van der Waals surface area contributed by atoms with Crippen molar-refractivity contribution in [3.8, 4) is 0 Å². The van der Waals surface area contributed by atoms with Crippen LogP contribution in [0.5, 0.6) is 0 Å². The van der Waals surface area contributed by atoms with Crippen molar-refractivity contribution in [1.29, 1.82) is 0 Å². The fourth-order valence-corrected chi connectivity index (χ4v) is 4.92. The van der Waals surface area contributed by atoms with Gasteiger partial charge in [0.1, 0.15) is 17.2 Å². The average Bonchev–Trinajstić information content (AvgIpc) is 3.06. The van der Waals surface area contributed by atoms with E-state index >= 15 is 0 Å². The Balaban J connectivity index is 1.49. The van der Waals surface area contributed by atoms with Crippen LogP contribution in [0.1, 0.15) is 11.1 Å². The zero-order valence-electron chi connectivity index (χ0n) is 14.5. The first-order valence-electron chi connectivity index (χ1n) is 8.39. The lowest BCUT2D eigenvalue weighted by molar-refractivity contribution is -0.118. The summed E-state index contributed by atoms with van der Waals surface area (Å²) in [7, 11) is 0. The first-order valence-corrected chi connectivity index (χ1v) is 10.2. The van der Waals surface area contributed by atoms with Gasteiger partial charge in [-0.05, 0) is 30.2 Å². The molecule has 0 bridgehead atoms. The molecule has 1 amide bonds. The van der Waals surface area contributed by atoms with Crippen molar-refractivity contribution in [1.82, 2.24) is 15.3 Å². The van der Waals surface area contributed by atoms with Crippen molar-refractivity contribution in [3.63, 3.8) is 0 Å². The van der Waals surface area contributed by atoms with Gasteiger partial charge < -0.3 is 5.32 Å². The number of carbonyl (C=O) groups excluding carboxylic acids is 1. The van der Waals surface area contributed by atoms with Gasteiger partial charge in [0.15, 0.2) is 0 Å². The van der Waals surface area contributed by atoms with E-state index in [1.807, 2.05) is 37.3 Å². The number of nitrogens with zero attached hydrogens (tertiary/aromatic N) is 2. The Morgan fingerprint density at radius 1 is 1.19 bits per heavy atom. The number of nitrogens with one attached hydrogen (secondary N) is 1. The van der Waals surface area contributed by atoms with Crippen LogP contribution in [0.15, 0.2) is 53.8 Å². The second-order valence-corrected chi connectivity index (χ2v) is 8.08. The third-order valence-corrected chi connectivity index (χ3v) is 6.54. The molecular weight excluding hydrogens is 381 g/mol. The third kappa shape index (κ3) is 3.65. The highest BCUT2D eigenvalue weighted by atomic mass is 32.2. The van der Waals surface area contributed by atoms with Gasteiger partial charge in [-0.2, -0.15) is 0 Å². The highest BCUT2D eigenvalue weighted by Gasteiger charge is 2.15. The van der Waals surface area contributed by atoms with Gasteiger partial charge in [0, 0.05) is 11.2 Å². The number of aryl methyl sites for hydroxylation is 1. The largest absolute Gasteiger partial charge is 0.351 e. The van der Waals surface area contributed by atoms with Gasteiger partial charge in [0.2, 0.25) is 5.91 Å². The van der Waals surface area contributed by atoms with E-state index in [1.54, 1.807) is 6.07 Å². The lowest BCUT2D eigenvalue weighted by Gasteiger charge is -2.07. The summed E-state index contributed by atoms with van der Waals surface area (Å²) in [5.41, 5.74) is 2.85. The van der Waals surface area contributed by atoms with Gasteiger partial charge in [-0.25, -0.2) is 14.4 Å². The Labute approximate surface area is 163 Å². The summed E-state index contributed by atoms with van der Waals surface area (Å²) in [6, 6.07) is 13.0. The zero-order chi connectivity index (χ0) is 18.8. The number of amides is 1. The smallest absolute Gasteiger partial charge is 0.230 e. The van der Waals surface area contributed by atoms with Crippen LogP contribution in [0, 0.1) is 12.7 Å². The summed E-state index contributed by atoms with van der Waals surface area (Å²) in [5, 5.41) is 4.15. The minimum absolute atomic E-state index is 0.0673. The van der Waals surface area contributed by atoms with Gasteiger partial charge in [0.05, 0.1) is 21.4 Å². The van der Waals surface area contributed by atoms with Crippen LogP contribution in [0.4, 0.5) is 4.39 Å². The second-order valence-electron chi connectivity index (χ2n) is 6.06. The van der Waals surface area contributed by atoms with Crippen molar-refractivity contribution in [2.75, 3.05) is 5.75 Å². The molecule has 0 unspecified atom stereocenters. The summed E-state index contributed by atoms with van der Waals surface area (Å²) >= 11 is 2.79. The maximum Gasteiger partial charge on any atom is 0.230 e. The molecule has 0 saturated heterocycles. The van der Waals surface area contributed by atoms with Gasteiger partial charge >= 0.3 is 0 Å². The molecule has 4 rings (SSSR count). The third-order valence-electron chi connectivity index (χ3n) is 4.27. The van der Waals surface area contributed by atoms with Crippen LogP contribution in [-0.4, -0.2) is 21.6 Å². The second kappa shape index (κ2) is 7.62. The number of rotatable bonds is 5. The monoisotopic (exact) mass is 397 g/mol. The number of benzene rings is 2. The number of hydrogen-bond acceptors (Lipinski definition) is 5. The summed E-state index contributed by atoms with van der Waals surface area (Å²) < 4.78 is 15.8. The number of fused-ring (bicyclic) bond motifs is 3. The molecule has 4 aromatic rings. The number of hydrogen-bond donors (Lipinski definition) is 1. The van der Waals surface area contributed by atoms with E-state index in [4.69, 9.17) is 0 Å². The Hall–Kier alpha value is -2.51. The molecule has 0 spiro atoms. The quantitative estimate of drug-likeness (QED) is 0.392. The fourth-order valence-electron chi connectivity index (χ4n) is 2.85. The minimum atomic E-state index is -0.288. The van der Waals surface area contributed by atoms with Crippen LogP contribution in [-0.2, 0) is 11.3 Å². The van der Waals surface area contributed by atoms with E-state index in [-0.39, 0.29) is 17.5 Å². The topological polar surface area (TPSA) is 54.9 Å². The molecule has 136 valence electrons. The predicted molar refractivity (Wildman–Crippen MR) is 109 cm³/mol. The minimum Gasteiger partial charge on any atom is -0.351 e. The summed E-state index contributed by atoms with van der Waals surface area (Å²) in [6.07, 6.45) is 1.43. The summed E-state index contributed by atoms with van der Waals surface area (Å²) in [4.78, 5) is 20.8. The SMILES string of the molecule is Cc1ccccc1CNC(=O)CSc1ncnc2c1sc1cccc(F)c12. The highest BCUT2D eigenvalue weighted by molar-refractivity contribution is 8.00. The molecule has 2 heterocycles.